The van der Waals surface area contributed by atoms with Gasteiger partial charge in [-0.05, 0) is 96.7 Å². The van der Waals surface area contributed by atoms with E-state index in [-0.39, 0.29) is 62.7 Å². The maximum atomic E-state index is 13.4. The van der Waals surface area contributed by atoms with Crippen molar-refractivity contribution in [2.75, 3.05) is 7.11 Å². The van der Waals surface area contributed by atoms with Crippen LogP contribution in [0.4, 0.5) is 0 Å². The second-order valence-electron chi connectivity index (χ2n) is 15.5. The fourth-order valence-electron chi connectivity index (χ4n) is 11.2. The van der Waals surface area contributed by atoms with Gasteiger partial charge in [0.25, 0.3) is 0 Å². The van der Waals surface area contributed by atoms with Crippen molar-refractivity contribution in [3.63, 3.8) is 0 Å². The summed E-state index contributed by atoms with van der Waals surface area (Å²) in [7, 11) is 1.52. The number of hydrogen-bond acceptors (Lipinski definition) is 5. The lowest BCUT2D eigenvalue weighted by Crippen LogP contribution is -2.70. The lowest BCUT2D eigenvalue weighted by molar-refractivity contribution is -0.260. The van der Waals surface area contributed by atoms with Crippen LogP contribution in [-0.4, -0.2) is 30.1 Å². The van der Waals surface area contributed by atoms with Gasteiger partial charge in [0.05, 0.1) is 24.2 Å². The number of ketones is 1. The summed E-state index contributed by atoms with van der Waals surface area (Å²) in [4.78, 5) is 26.7. The zero-order chi connectivity index (χ0) is 27.4. The third-order valence-corrected chi connectivity index (χ3v) is 13.3. The van der Waals surface area contributed by atoms with Crippen molar-refractivity contribution in [3.8, 4) is 6.07 Å². The summed E-state index contributed by atoms with van der Waals surface area (Å²) in [6.07, 6.45) is 8.54. The molecule has 204 valence electrons. The van der Waals surface area contributed by atoms with E-state index in [1.165, 1.54) is 7.11 Å². The number of esters is 1. The van der Waals surface area contributed by atoms with E-state index in [1.807, 2.05) is 19.9 Å². The first-order chi connectivity index (χ1) is 17.0. The highest BCUT2D eigenvalue weighted by Gasteiger charge is 2.73. The fraction of sp³-hybridized carbons (Fsp3) is 0.844. The molecule has 0 aliphatic heterocycles. The number of Topliss-reactive ketones (excluding diaryl/α,β-unsaturated/α-hetero) is 1. The number of ether oxygens (including phenoxy) is 1. The fourth-order valence-corrected chi connectivity index (χ4v) is 11.2. The molecule has 0 amide bonds. The monoisotopic (exact) mass is 509 g/mol. The topological polar surface area (TPSA) is 87.4 Å². The summed E-state index contributed by atoms with van der Waals surface area (Å²) in [6, 6.07) is 2.22. The minimum Gasteiger partial charge on any atom is -0.469 e. The third kappa shape index (κ3) is 3.23. The van der Waals surface area contributed by atoms with Crippen LogP contribution in [0.25, 0.3) is 0 Å². The Morgan fingerprint density at radius 3 is 2.27 bits per heavy atom. The Labute approximate surface area is 223 Å². The van der Waals surface area contributed by atoms with Crippen molar-refractivity contribution in [1.82, 2.24) is 0 Å². The quantitative estimate of drug-likeness (QED) is 0.422. The molecule has 0 aromatic carbocycles. The lowest BCUT2D eigenvalue weighted by atomic mass is 9.31. The molecule has 4 saturated carbocycles. The molecule has 5 heteroatoms. The van der Waals surface area contributed by atoms with Gasteiger partial charge in [0.1, 0.15) is 6.07 Å². The van der Waals surface area contributed by atoms with Crippen molar-refractivity contribution in [2.24, 2.45) is 56.2 Å². The van der Waals surface area contributed by atoms with Gasteiger partial charge in [-0.25, -0.2) is 0 Å². The van der Waals surface area contributed by atoms with Crippen molar-refractivity contribution >= 4 is 11.8 Å². The molecule has 0 aromatic heterocycles. The Morgan fingerprint density at radius 1 is 1.00 bits per heavy atom. The van der Waals surface area contributed by atoms with Crippen LogP contribution in [0.1, 0.15) is 99.8 Å². The first-order valence-electron chi connectivity index (χ1n) is 14.5. The molecule has 9 atom stereocenters. The van der Waals surface area contributed by atoms with Crippen LogP contribution in [-0.2, 0) is 14.3 Å². The number of methoxy groups -OCH3 is 1. The molecule has 1 unspecified atom stereocenters. The van der Waals surface area contributed by atoms with Crippen LogP contribution in [0.15, 0.2) is 11.6 Å². The number of carbonyl (C=O) groups excluding carboxylic acids is 2. The molecule has 5 rings (SSSR count). The highest BCUT2D eigenvalue weighted by atomic mass is 16.5. The van der Waals surface area contributed by atoms with Gasteiger partial charge in [-0.1, -0.05) is 54.5 Å². The molecule has 0 spiro atoms. The van der Waals surface area contributed by atoms with Gasteiger partial charge in [-0.3, -0.25) is 9.59 Å². The molecule has 5 aliphatic rings. The Bertz CT molecular complexity index is 1100. The van der Waals surface area contributed by atoms with E-state index < -0.39 is 16.9 Å². The van der Waals surface area contributed by atoms with Gasteiger partial charge >= 0.3 is 5.97 Å². The van der Waals surface area contributed by atoms with Crippen LogP contribution in [0.3, 0.4) is 0 Å². The maximum Gasteiger partial charge on any atom is 0.312 e. The summed E-state index contributed by atoms with van der Waals surface area (Å²) in [5, 5.41) is 22.0. The predicted molar refractivity (Wildman–Crippen MR) is 142 cm³/mol. The van der Waals surface area contributed by atoms with E-state index in [0.717, 1.165) is 44.9 Å². The molecule has 1 N–H and O–H groups in total. The number of allylic oxidation sites excluding steroid dienone is 2. The molecule has 0 radical (unpaired) electrons. The van der Waals surface area contributed by atoms with Crippen LogP contribution in [0.2, 0.25) is 0 Å². The van der Waals surface area contributed by atoms with Crippen LogP contribution in [0.5, 0.6) is 0 Å². The first kappa shape index (κ1) is 26.9. The Hall–Kier alpha value is -1.67. The predicted octanol–water partition coefficient (Wildman–Crippen LogP) is 6.25. The zero-order valence-corrected chi connectivity index (χ0v) is 24.2. The Morgan fingerprint density at radius 2 is 1.65 bits per heavy atom. The average Bonchev–Trinajstić information content (AvgIpc) is 2.82. The number of rotatable bonds is 1. The molecule has 5 aliphatic carbocycles. The molecule has 4 fully saturated rings. The Kier molecular flexibility index (Phi) is 5.77. The van der Waals surface area contributed by atoms with Gasteiger partial charge in [0.2, 0.25) is 0 Å². The largest absolute Gasteiger partial charge is 0.469 e. The molecule has 0 aromatic rings. The van der Waals surface area contributed by atoms with Crippen molar-refractivity contribution in [3.05, 3.63) is 11.6 Å². The molecule has 0 heterocycles. The number of fused-ring (bicyclic) bond motifs is 7. The van der Waals surface area contributed by atoms with E-state index in [0.29, 0.717) is 6.42 Å². The number of nitriles is 1. The van der Waals surface area contributed by atoms with Crippen molar-refractivity contribution < 1.29 is 19.4 Å². The van der Waals surface area contributed by atoms with Crippen molar-refractivity contribution in [1.29, 1.82) is 5.26 Å². The van der Waals surface area contributed by atoms with E-state index in [1.54, 1.807) is 0 Å². The average molecular weight is 510 g/mol. The summed E-state index contributed by atoms with van der Waals surface area (Å²) < 4.78 is 5.45. The minimum absolute atomic E-state index is 0.0268. The number of aliphatic hydroxyl groups is 1. The van der Waals surface area contributed by atoms with Crippen molar-refractivity contribution in [2.45, 2.75) is 106 Å². The van der Waals surface area contributed by atoms with Crippen LogP contribution >= 0.6 is 0 Å². The molecule has 37 heavy (non-hydrogen) atoms. The molecule has 5 nitrogen and oxygen atoms in total. The third-order valence-electron chi connectivity index (χ3n) is 13.3. The summed E-state index contributed by atoms with van der Waals surface area (Å²) in [5.41, 5.74) is -1.25. The van der Waals surface area contributed by atoms with Gasteiger partial charge in [-0.15, -0.1) is 0 Å². The normalized spacial score (nSPS) is 49.8. The number of hydrogen-bond donors (Lipinski definition) is 1. The first-order valence-corrected chi connectivity index (χ1v) is 14.5. The number of aliphatic hydroxyl groups excluding tert-OH is 1. The second kappa shape index (κ2) is 7.93. The highest BCUT2D eigenvalue weighted by Crippen LogP contribution is 2.76. The molecule has 0 bridgehead atoms. The minimum atomic E-state index is -0.599. The van der Waals surface area contributed by atoms with E-state index in [2.05, 4.69) is 40.7 Å². The molecular formula is C32H47NO4. The van der Waals surface area contributed by atoms with E-state index in [4.69, 9.17) is 4.74 Å². The van der Waals surface area contributed by atoms with Gasteiger partial charge < -0.3 is 9.84 Å². The smallest absolute Gasteiger partial charge is 0.312 e. The summed E-state index contributed by atoms with van der Waals surface area (Å²) in [6.45, 7) is 15.7. The lowest BCUT2D eigenvalue weighted by Gasteiger charge is -2.73. The second-order valence-corrected chi connectivity index (χ2v) is 15.5. The summed E-state index contributed by atoms with van der Waals surface area (Å²) >= 11 is 0. The standard InChI is InChI=1S/C32H47NO4/c1-27(2)11-13-32(26(36)37-8)14-12-31(7)24(20(32)17-27)21(34)15-23-29(5)16-19(18-33)25(35)28(3,4)22(29)9-10-30(23,31)6/h16,20-24,34H,9-15,17H2,1-8H3/t20-,21+,22-,23?,24-,29-,30+,31+,32-/m0/s1. The zero-order valence-electron chi connectivity index (χ0n) is 24.2. The summed E-state index contributed by atoms with van der Waals surface area (Å²) in [5.74, 6) is 0.300. The van der Waals surface area contributed by atoms with Gasteiger partial charge in [0.15, 0.2) is 5.78 Å². The molecular weight excluding hydrogens is 462 g/mol. The SMILES string of the molecule is COC(=O)[C@]12CCC(C)(C)C[C@H]1[C@H]1[C@H](O)CC3[C@@]4(C)C=C(C#N)C(=O)C(C)(C)[C@@H]4CC[C@@]3(C)[C@]1(C)CC2. The van der Waals surface area contributed by atoms with Crippen LogP contribution < -0.4 is 0 Å². The van der Waals surface area contributed by atoms with Gasteiger partial charge in [-0.2, -0.15) is 5.26 Å². The molecule has 0 saturated heterocycles. The maximum absolute atomic E-state index is 13.4. The van der Waals surface area contributed by atoms with Crippen LogP contribution in [0, 0.1) is 67.5 Å². The number of carbonyl (C=O) groups is 2. The van der Waals surface area contributed by atoms with E-state index >= 15 is 0 Å². The highest BCUT2D eigenvalue weighted by molar-refractivity contribution is 6.04. The Balaban J connectivity index is 1.64. The number of nitrogens with zero attached hydrogens (tertiary/aromatic N) is 1. The van der Waals surface area contributed by atoms with Gasteiger partial charge in [0, 0.05) is 5.41 Å². The van der Waals surface area contributed by atoms with E-state index in [9.17, 15) is 20.0 Å².